The Morgan fingerprint density at radius 1 is 1.29 bits per heavy atom. The second-order valence-corrected chi connectivity index (χ2v) is 5.28. The maximum atomic E-state index is 12.5. The molecule has 0 radical (unpaired) electrons. The van der Waals surface area contributed by atoms with Gasteiger partial charge in [-0.2, -0.15) is 0 Å². The number of hydrogen-bond acceptors (Lipinski definition) is 3. The Morgan fingerprint density at radius 3 is 2.95 bits per heavy atom. The van der Waals surface area contributed by atoms with Gasteiger partial charge in [-0.25, -0.2) is 0 Å². The summed E-state index contributed by atoms with van der Waals surface area (Å²) in [5.41, 5.74) is 8.94. The van der Waals surface area contributed by atoms with Crippen LogP contribution in [0.15, 0.2) is 42.5 Å². The van der Waals surface area contributed by atoms with E-state index in [2.05, 4.69) is 5.32 Å². The van der Waals surface area contributed by atoms with Crippen molar-refractivity contribution < 1.29 is 9.53 Å². The van der Waals surface area contributed by atoms with E-state index in [9.17, 15) is 4.79 Å². The van der Waals surface area contributed by atoms with Gasteiger partial charge in [-0.1, -0.05) is 24.3 Å². The Kier molecular flexibility index (Phi) is 3.52. The third-order valence-corrected chi connectivity index (χ3v) is 3.77. The first kappa shape index (κ1) is 13.5. The third-order valence-electron chi connectivity index (χ3n) is 3.77. The van der Waals surface area contributed by atoms with E-state index in [-0.39, 0.29) is 11.9 Å². The summed E-state index contributed by atoms with van der Waals surface area (Å²) >= 11 is 0. The molecule has 0 aromatic heterocycles. The van der Waals surface area contributed by atoms with Gasteiger partial charge in [0.1, 0.15) is 5.75 Å². The highest BCUT2D eigenvalue weighted by Gasteiger charge is 2.23. The molecule has 3 N–H and O–H groups in total. The minimum atomic E-state index is -0.0958. The monoisotopic (exact) mass is 282 g/mol. The number of fused-ring (bicyclic) bond motifs is 1. The fourth-order valence-electron chi connectivity index (χ4n) is 2.61. The van der Waals surface area contributed by atoms with Crippen molar-refractivity contribution in [2.75, 3.05) is 12.3 Å². The summed E-state index contributed by atoms with van der Waals surface area (Å²) in [6, 6.07) is 13.2. The van der Waals surface area contributed by atoms with Crippen LogP contribution in [0.5, 0.6) is 5.75 Å². The van der Waals surface area contributed by atoms with Crippen molar-refractivity contribution >= 4 is 11.6 Å². The average Bonchev–Trinajstić information content (AvgIpc) is 2.50. The molecule has 2 aromatic carbocycles. The average molecular weight is 282 g/mol. The predicted octanol–water partition coefficient (Wildman–Crippen LogP) is 2.83. The SMILES string of the molecule is Cc1ccc(N)cc1C(=O)NC1CCOc2ccccc21. The van der Waals surface area contributed by atoms with Gasteiger partial charge in [-0.3, -0.25) is 4.79 Å². The van der Waals surface area contributed by atoms with Gasteiger partial charge in [0, 0.05) is 23.2 Å². The Labute approximate surface area is 123 Å². The lowest BCUT2D eigenvalue weighted by molar-refractivity contribution is 0.0924. The number of anilines is 1. The lowest BCUT2D eigenvalue weighted by atomic mass is 9.99. The van der Waals surface area contributed by atoms with Crippen molar-refractivity contribution in [3.63, 3.8) is 0 Å². The van der Waals surface area contributed by atoms with Gasteiger partial charge in [0.05, 0.1) is 12.6 Å². The lowest BCUT2D eigenvalue weighted by Gasteiger charge is -2.26. The van der Waals surface area contributed by atoms with Crippen LogP contribution in [0.3, 0.4) is 0 Å². The molecule has 1 heterocycles. The highest BCUT2D eigenvalue weighted by Crippen LogP contribution is 2.31. The topological polar surface area (TPSA) is 64.4 Å². The minimum Gasteiger partial charge on any atom is -0.493 e. The summed E-state index contributed by atoms with van der Waals surface area (Å²) in [5.74, 6) is 0.750. The summed E-state index contributed by atoms with van der Waals surface area (Å²) in [6.07, 6.45) is 0.768. The first-order valence-electron chi connectivity index (χ1n) is 7.04. The number of nitrogens with one attached hydrogen (secondary N) is 1. The fraction of sp³-hybridized carbons (Fsp3) is 0.235. The number of carbonyl (C=O) groups excluding carboxylic acids is 1. The van der Waals surface area contributed by atoms with E-state index < -0.39 is 0 Å². The molecule has 3 rings (SSSR count). The number of amides is 1. The Balaban J connectivity index is 1.84. The number of rotatable bonds is 2. The van der Waals surface area contributed by atoms with E-state index in [0.717, 1.165) is 23.3 Å². The highest BCUT2D eigenvalue weighted by atomic mass is 16.5. The zero-order valence-electron chi connectivity index (χ0n) is 11.9. The second-order valence-electron chi connectivity index (χ2n) is 5.28. The molecule has 4 nitrogen and oxygen atoms in total. The molecule has 1 amide bonds. The highest BCUT2D eigenvalue weighted by molar-refractivity contribution is 5.96. The van der Waals surface area contributed by atoms with Gasteiger partial charge in [-0.15, -0.1) is 0 Å². The standard InChI is InChI=1S/C17H18N2O2/c1-11-6-7-12(18)10-14(11)17(20)19-15-8-9-21-16-5-3-2-4-13(15)16/h2-7,10,15H,8-9,18H2,1H3,(H,19,20). The predicted molar refractivity (Wildman–Crippen MR) is 82.4 cm³/mol. The minimum absolute atomic E-state index is 0.0247. The molecule has 0 fully saturated rings. The van der Waals surface area contributed by atoms with Gasteiger partial charge in [0.2, 0.25) is 0 Å². The normalized spacial score (nSPS) is 16.7. The smallest absolute Gasteiger partial charge is 0.252 e. The Hall–Kier alpha value is -2.49. The molecule has 1 aliphatic rings. The van der Waals surface area contributed by atoms with Crippen molar-refractivity contribution in [3.05, 3.63) is 59.2 Å². The quantitative estimate of drug-likeness (QED) is 0.832. The number of carbonyl (C=O) groups is 1. The molecule has 108 valence electrons. The van der Waals surface area contributed by atoms with Crippen LogP contribution in [-0.2, 0) is 0 Å². The van der Waals surface area contributed by atoms with Gasteiger partial charge < -0.3 is 15.8 Å². The lowest BCUT2D eigenvalue weighted by Crippen LogP contribution is -2.32. The number of hydrogen-bond donors (Lipinski definition) is 2. The van der Waals surface area contributed by atoms with Crippen LogP contribution in [-0.4, -0.2) is 12.5 Å². The van der Waals surface area contributed by atoms with Crippen LogP contribution in [0.4, 0.5) is 5.69 Å². The van der Waals surface area contributed by atoms with Crippen LogP contribution < -0.4 is 15.8 Å². The molecule has 0 saturated heterocycles. The fourth-order valence-corrected chi connectivity index (χ4v) is 2.61. The van der Waals surface area contributed by atoms with Gasteiger partial charge in [-0.05, 0) is 30.7 Å². The summed E-state index contributed by atoms with van der Waals surface area (Å²) < 4.78 is 5.61. The van der Waals surface area contributed by atoms with Crippen molar-refractivity contribution in [3.8, 4) is 5.75 Å². The van der Waals surface area contributed by atoms with E-state index >= 15 is 0 Å². The van der Waals surface area contributed by atoms with E-state index in [1.165, 1.54) is 0 Å². The maximum Gasteiger partial charge on any atom is 0.252 e. The largest absolute Gasteiger partial charge is 0.493 e. The van der Waals surface area contributed by atoms with E-state index in [1.54, 1.807) is 12.1 Å². The van der Waals surface area contributed by atoms with Crippen molar-refractivity contribution in [1.29, 1.82) is 0 Å². The molecular formula is C17H18N2O2. The van der Waals surface area contributed by atoms with Crippen molar-refractivity contribution in [1.82, 2.24) is 5.32 Å². The van der Waals surface area contributed by atoms with Gasteiger partial charge >= 0.3 is 0 Å². The number of ether oxygens (including phenoxy) is 1. The van der Waals surface area contributed by atoms with Crippen LogP contribution in [0.25, 0.3) is 0 Å². The third kappa shape index (κ3) is 2.70. The van der Waals surface area contributed by atoms with E-state index in [4.69, 9.17) is 10.5 Å². The molecule has 2 aromatic rings. The second kappa shape index (κ2) is 5.48. The van der Waals surface area contributed by atoms with Gasteiger partial charge in [0.25, 0.3) is 5.91 Å². The number of benzene rings is 2. The van der Waals surface area contributed by atoms with E-state index in [0.29, 0.717) is 17.9 Å². The molecule has 4 heteroatoms. The molecule has 0 bridgehead atoms. The van der Waals surface area contributed by atoms with E-state index in [1.807, 2.05) is 37.3 Å². The molecule has 0 spiro atoms. The Morgan fingerprint density at radius 2 is 2.10 bits per heavy atom. The molecule has 1 aliphatic heterocycles. The summed E-state index contributed by atoms with van der Waals surface area (Å²) in [5, 5.41) is 3.08. The Bertz CT molecular complexity index is 682. The summed E-state index contributed by atoms with van der Waals surface area (Å²) in [7, 11) is 0. The van der Waals surface area contributed by atoms with Crippen LogP contribution in [0, 0.1) is 6.92 Å². The molecule has 1 atom stereocenters. The number of nitrogens with two attached hydrogens (primary N) is 1. The summed E-state index contributed by atoms with van der Waals surface area (Å²) in [6.45, 7) is 2.52. The van der Waals surface area contributed by atoms with Crippen LogP contribution in [0.2, 0.25) is 0 Å². The summed E-state index contributed by atoms with van der Waals surface area (Å²) in [4.78, 5) is 12.5. The van der Waals surface area contributed by atoms with Crippen molar-refractivity contribution in [2.45, 2.75) is 19.4 Å². The molecule has 0 aliphatic carbocycles. The van der Waals surface area contributed by atoms with Crippen LogP contribution in [0.1, 0.15) is 33.9 Å². The van der Waals surface area contributed by atoms with Crippen molar-refractivity contribution in [2.24, 2.45) is 0 Å². The maximum absolute atomic E-state index is 12.5. The number of nitrogen functional groups attached to an aromatic ring is 1. The molecule has 1 unspecified atom stereocenters. The number of aryl methyl sites for hydroxylation is 1. The zero-order valence-corrected chi connectivity index (χ0v) is 11.9. The molecule has 21 heavy (non-hydrogen) atoms. The first-order valence-corrected chi connectivity index (χ1v) is 7.04. The van der Waals surface area contributed by atoms with Gasteiger partial charge in [0.15, 0.2) is 0 Å². The first-order chi connectivity index (χ1) is 10.1. The van der Waals surface area contributed by atoms with Crippen LogP contribution >= 0.6 is 0 Å². The molecule has 0 saturated carbocycles. The zero-order chi connectivity index (χ0) is 14.8. The molecular weight excluding hydrogens is 264 g/mol. The number of para-hydroxylation sites is 1.